The fraction of sp³-hybridized carbons (Fsp3) is 0.0909. The predicted molar refractivity (Wildman–Crippen MR) is 61.9 cm³/mol. The third kappa shape index (κ3) is 2.36. The van der Waals surface area contributed by atoms with Gasteiger partial charge in [0.2, 0.25) is 0 Å². The second-order valence-electron chi connectivity index (χ2n) is 3.30. The van der Waals surface area contributed by atoms with Gasteiger partial charge in [-0.3, -0.25) is 4.79 Å². The summed E-state index contributed by atoms with van der Waals surface area (Å²) in [6.45, 7) is 0. The number of hydrogen-bond donors (Lipinski definition) is 2. The zero-order valence-electron chi connectivity index (χ0n) is 9.14. The van der Waals surface area contributed by atoms with E-state index in [2.05, 4.69) is 15.0 Å². The molecular formula is C11H11N3O3. The summed E-state index contributed by atoms with van der Waals surface area (Å²) in [5.74, 6) is 0.570. The minimum Gasteiger partial charge on any atom is -0.495 e. The highest BCUT2D eigenvalue weighted by Gasteiger charge is 2.09. The molecule has 1 amide bonds. The number of benzene rings is 1. The van der Waals surface area contributed by atoms with E-state index in [1.807, 2.05) is 0 Å². The average Bonchev–Trinajstić information content (AvgIpc) is 2.81. The minimum absolute atomic E-state index is 0.312. The fourth-order valence-corrected chi connectivity index (χ4v) is 1.34. The molecule has 1 heterocycles. The van der Waals surface area contributed by atoms with Crippen molar-refractivity contribution in [3.05, 3.63) is 36.1 Å². The summed E-state index contributed by atoms with van der Waals surface area (Å²) >= 11 is 0. The van der Waals surface area contributed by atoms with Gasteiger partial charge < -0.3 is 20.3 Å². The fourth-order valence-electron chi connectivity index (χ4n) is 1.34. The number of nitrogen functional groups attached to an aromatic ring is 1. The highest BCUT2D eigenvalue weighted by molar-refractivity contribution is 6.04. The Morgan fingerprint density at radius 3 is 2.88 bits per heavy atom. The summed E-state index contributed by atoms with van der Waals surface area (Å²) in [5, 5.41) is 6.14. The van der Waals surface area contributed by atoms with Crippen LogP contribution in [0.2, 0.25) is 0 Å². The molecule has 0 aliphatic rings. The Morgan fingerprint density at radius 1 is 1.47 bits per heavy atom. The van der Waals surface area contributed by atoms with Crippen LogP contribution in [-0.4, -0.2) is 18.2 Å². The number of methoxy groups -OCH3 is 1. The molecule has 0 saturated carbocycles. The number of nitrogens with two attached hydrogens (primary N) is 1. The maximum atomic E-state index is 11.8. The molecule has 6 nitrogen and oxygen atoms in total. The zero-order valence-corrected chi connectivity index (χ0v) is 9.14. The van der Waals surface area contributed by atoms with E-state index in [1.54, 1.807) is 18.2 Å². The minimum atomic E-state index is -0.312. The van der Waals surface area contributed by atoms with Crippen molar-refractivity contribution in [2.75, 3.05) is 18.2 Å². The number of aromatic nitrogens is 1. The Labute approximate surface area is 97.3 Å². The Hall–Kier alpha value is -2.50. The van der Waals surface area contributed by atoms with Crippen molar-refractivity contribution in [3.8, 4) is 5.75 Å². The van der Waals surface area contributed by atoms with Crippen molar-refractivity contribution in [2.24, 2.45) is 0 Å². The van der Waals surface area contributed by atoms with Crippen molar-refractivity contribution in [1.82, 2.24) is 5.16 Å². The van der Waals surface area contributed by atoms with Crippen molar-refractivity contribution in [1.29, 1.82) is 0 Å². The average molecular weight is 233 g/mol. The van der Waals surface area contributed by atoms with Gasteiger partial charge in [-0.15, -0.1) is 0 Å². The number of nitrogens with one attached hydrogen (secondary N) is 1. The highest BCUT2D eigenvalue weighted by atomic mass is 16.5. The van der Waals surface area contributed by atoms with Crippen LogP contribution in [0.4, 0.5) is 11.5 Å². The molecule has 0 spiro atoms. The van der Waals surface area contributed by atoms with Gasteiger partial charge in [0.25, 0.3) is 5.91 Å². The van der Waals surface area contributed by atoms with E-state index < -0.39 is 0 Å². The SMILES string of the molecule is COc1ccc(C(=O)Nc2ccon2)cc1N. The molecule has 0 atom stereocenters. The first-order valence-corrected chi connectivity index (χ1v) is 4.86. The molecule has 2 aromatic rings. The van der Waals surface area contributed by atoms with Crippen molar-refractivity contribution in [3.63, 3.8) is 0 Å². The van der Waals surface area contributed by atoms with Crippen LogP contribution in [0.5, 0.6) is 5.75 Å². The van der Waals surface area contributed by atoms with Gasteiger partial charge in [-0.1, -0.05) is 5.16 Å². The molecule has 0 bridgehead atoms. The van der Waals surface area contributed by atoms with Gasteiger partial charge >= 0.3 is 0 Å². The van der Waals surface area contributed by atoms with Crippen LogP contribution in [0, 0.1) is 0 Å². The third-order valence-corrected chi connectivity index (χ3v) is 2.17. The van der Waals surface area contributed by atoms with Crippen LogP contribution < -0.4 is 15.8 Å². The maximum Gasteiger partial charge on any atom is 0.256 e. The standard InChI is InChI=1S/C11H11N3O3/c1-16-9-3-2-7(6-8(9)12)11(15)13-10-4-5-17-14-10/h2-6H,12H2,1H3,(H,13,14,15). The summed E-state index contributed by atoms with van der Waals surface area (Å²) in [7, 11) is 1.51. The van der Waals surface area contributed by atoms with Crippen LogP contribution in [0.3, 0.4) is 0 Å². The highest BCUT2D eigenvalue weighted by Crippen LogP contribution is 2.22. The molecule has 0 radical (unpaired) electrons. The number of carbonyl (C=O) groups is 1. The molecule has 6 heteroatoms. The Morgan fingerprint density at radius 2 is 2.29 bits per heavy atom. The number of amides is 1. The molecule has 0 aliphatic carbocycles. The van der Waals surface area contributed by atoms with Gasteiger partial charge in [-0.25, -0.2) is 0 Å². The molecule has 0 aliphatic heterocycles. The van der Waals surface area contributed by atoms with Gasteiger partial charge in [-0.2, -0.15) is 0 Å². The number of ether oxygens (including phenoxy) is 1. The topological polar surface area (TPSA) is 90.4 Å². The lowest BCUT2D eigenvalue weighted by atomic mass is 10.2. The second kappa shape index (κ2) is 4.56. The molecule has 3 N–H and O–H groups in total. The number of anilines is 2. The van der Waals surface area contributed by atoms with Gasteiger partial charge in [0, 0.05) is 11.6 Å². The first-order valence-electron chi connectivity index (χ1n) is 4.86. The lowest BCUT2D eigenvalue weighted by Gasteiger charge is -2.06. The summed E-state index contributed by atoms with van der Waals surface area (Å²) in [6, 6.07) is 6.33. The number of rotatable bonds is 3. The first-order chi connectivity index (χ1) is 8.20. The van der Waals surface area contributed by atoms with Crippen LogP contribution in [0.1, 0.15) is 10.4 Å². The lowest BCUT2D eigenvalue weighted by molar-refractivity contribution is 0.102. The van der Waals surface area contributed by atoms with Gasteiger partial charge in [-0.05, 0) is 18.2 Å². The van der Waals surface area contributed by atoms with E-state index in [-0.39, 0.29) is 5.91 Å². The third-order valence-electron chi connectivity index (χ3n) is 2.17. The number of nitrogens with zero attached hydrogens (tertiary/aromatic N) is 1. The monoisotopic (exact) mass is 233 g/mol. The largest absolute Gasteiger partial charge is 0.495 e. The van der Waals surface area contributed by atoms with E-state index in [9.17, 15) is 4.79 Å². The van der Waals surface area contributed by atoms with E-state index >= 15 is 0 Å². The summed E-state index contributed by atoms with van der Waals surface area (Å²) in [6.07, 6.45) is 1.37. The van der Waals surface area contributed by atoms with Crippen molar-refractivity contribution < 1.29 is 14.1 Å². The number of carbonyl (C=O) groups excluding carboxylic acids is 1. The van der Waals surface area contributed by atoms with Crippen LogP contribution in [0.25, 0.3) is 0 Å². The molecule has 1 aromatic carbocycles. The zero-order chi connectivity index (χ0) is 12.3. The summed E-state index contributed by atoms with van der Waals surface area (Å²) in [5.41, 5.74) is 6.53. The van der Waals surface area contributed by atoms with E-state index in [1.165, 1.54) is 19.4 Å². The van der Waals surface area contributed by atoms with Gasteiger partial charge in [0.05, 0.1) is 12.8 Å². The summed E-state index contributed by atoms with van der Waals surface area (Å²) in [4.78, 5) is 11.8. The maximum absolute atomic E-state index is 11.8. The molecule has 1 aromatic heterocycles. The van der Waals surface area contributed by atoms with E-state index in [0.717, 1.165) is 0 Å². The van der Waals surface area contributed by atoms with E-state index in [0.29, 0.717) is 22.8 Å². The first kappa shape index (κ1) is 11.0. The van der Waals surface area contributed by atoms with Crippen LogP contribution >= 0.6 is 0 Å². The Kier molecular flexibility index (Phi) is 2.95. The Balaban J connectivity index is 2.17. The molecule has 0 saturated heterocycles. The summed E-state index contributed by atoms with van der Waals surface area (Å²) < 4.78 is 9.60. The Bertz CT molecular complexity index is 523. The molecule has 2 rings (SSSR count). The van der Waals surface area contributed by atoms with E-state index in [4.69, 9.17) is 10.5 Å². The van der Waals surface area contributed by atoms with Crippen molar-refractivity contribution >= 4 is 17.4 Å². The second-order valence-corrected chi connectivity index (χ2v) is 3.30. The molecule has 17 heavy (non-hydrogen) atoms. The predicted octanol–water partition coefficient (Wildman–Crippen LogP) is 1.52. The lowest BCUT2D eigenvalue weighted by Crippen LogP contribution is -2.12. The smallest absolute Gasteiger partial charge is 0.256 e. The van der Waals surface area contributed by atoms with Gasteiger partial charge in [0.15, 0.2) is 5.82 Å². The molecule has 0 fully saturated rings. The van der Waals surface area contributed by atoms with Crippen LogP contribution in [0.15, 0.2) is 35.1 Å². The van der Waals surface area contributed by atoms with Gasteiger partial charge in [0.1, 0.15) is 12.0 Å². The molecule has 0 unspecified atom stereocenters. The quantitative estimate of drug-likeness (QED) is 0.784. The molecular weight excluding hydrogens is 222 g/mol. The van der Waals surface area contributed by atoms with Crippen molar-refractivity contribution in [2.45, 2.75) is 0 Å². The van der Waals surface area contributed by atoms with Crippen LogP contribution in [-0.2, 0) is 0 Å². The normalized spacial score (nSPS) is 9.94. The molecule has 88 valence electrons. The number of hydrogen-bond acceptors (Lipinski definition) is 5.